The molecule has 1 unspecified atom stereocenters. The van der Waals surface area contributed by atoms with Crippen molar-refractivity contribution in [3.63, 3.8) is 0 Å². The molecular weight excluding hydrogens is 379 g/mol. The van der Waals surface area contributed by atoms with Crippen LogP contribution in [0, 0.1) is 0 Å². The number of aliphatic hydroxyl groups excluding tert-OH is 1. The fourth-order valence-corrected chi connectivity index (χ4v) is 4.46. The Morgan fingerprint density at radius 3 is 2.91 bits per heavy atom. The van der Waals surface area contributed by atoms with E-state index < -0.39 is 13.0 Å². The van der Waals surface area contributed by atoms with Crippen molar-refractivity contribution in [3.8, 4) is 0 Å². The Morgan fingerprint density at radius 2 is 2.22 bits per heavy atom. The summed E-state index contributed by atoms with van der Waals surface area (Å²) in [5.74, 6) is 0. The number of hydrogen-bond donors (Lipinski definition) is 2. The van der Waals surface area contributed by atoms with Gasteiger partial charge in [-0.25, -0.2) is 9.97 Å². The molecule has 0 aromatic carbocycles. The summed E-state index contributed by atoms with van der Waals surface area (Å²) < 4.78 is 7.94. The number of hydrogen-bond acceptors (Lipinski definition) is 5. The summed E-state index contributed by atoms with van der Waals surface area (Å²) in [5, 5.41) is 10.5. The number of fused-ring (bicyclic) bond motifs is 1. The summed E-state index contributed by atoms with van der Waals surface area (Å²) >= 11 is 3.57. The fraction of sp³-hybridized carbons (Fsp3) is 0.533. The summed E-state index contributed by atoms with van der Waals surface area (Å²) in [5.41, 5.74) is 7.83. The summed E-state index contributed by atoms with van der Waals surface area (Å²) in [6.45, 7) is 3.23. The van der Waals surface area contributed by atoms with Gasteiger partial charge >= 0.3 is 0 Å². The maximum absolute atomic E-state index is 10.5. The largest absolute Gasteiger partial charge is 0.397 e. The molecule has 3 rings (SSSR count). The van der Waals surface area contributed by atoms with E-state index in [1.807, 2.05) is 4.57 Å². The lowest BCUT2D eigenvalue weighted by molar-refractivity contribution is -0.0174. The molecule has 1 fully saturated rings. The van der Waals surface area contributed by atoms with E-state index in [0.29, 0.717) is 16.9 Å². The molecule has 8 heteroatoms. The number of pyridine rings is 1. The molecule has 1 saturated heterocycles. The third kappa shape index (κ3) is 3.33. The Bertz CT molecular complexity index is 759. The molecule has 0 saturated carbocycles. The van der Waals surface area contributed by atoms with Gasteiger partial charge in [-0.3, -0.25) is 4.57 Å². The van der Waals surface area contributed by atoms with Gasteiger partial charge in [0.05, 0.1) is 29.0 Å². The third-order valence-electron chi connectivity index (χ3n) is 4.08. The van der Waals surface area contributed by atoms with E-state index in [4.69, 9.17) is 10.5 Å². The van der Waals surface area contributed by atoms with E-state index in [2.05, 4.69) is 45.5 Å². The van der Waals surface area contributed by atoms with Crippen molar-refractivity contribution >= 4 is 46.0 Å². The zero-order valence-corrected chi connectivity index (χ0v) is 15.7. The first kappa shape index (κ1) is 17.0. The predicted octanol–water partition coefficient (Wildman–Crippen LogP) is 2.13. The summed E-state index contributed by atoms with van der Waals surface area (Å²) in [6, 6.07) is 1.72. The normalized spacial score (nSPS) is 28.5. The number of nitrogens with two attached hydrogens (primary N) is 1. The smallest absolute Gasteiger partial charge is 0.164 e. The van der Waals surface area contributed by atoms with Crippen molar-refractivity contribution in [2.45, 2.75) is 29.7 Å². The Kier molecular flexibility index (Phi) is 4.58. The van der Waals surface area contributed by atoms with Crippen molar-refractivity contribution in [1.29, 1.82) is 0 Å². The van der Waals surface area contributed by atoms with Crippen LogP contribution >= 0.6 is 22.8 Å². The lowest BCUT2D eigenvalue weighted by atomic mass is 10.1. The summed E-state index contributed by atoms with van der Waals surface area (Å²) in [6.07, 6.45) is 8.16. The fourth-order valence-electron chi connectivity index (χ4n) is 2.78. The number of imidazole rings is 1. The van der Waals surface area contributed by atoms with Gasteiger partial charge in [0.15, 0.2) is 11.9 Å². The number of anilines is 1. The minimum absolute atomic E-state index is 0.219. The number of halogens is 1. The van der Waals surface area contributed by atoms with Crippen LogP contribution in [0.5, 0.6) is 0 Å². The van der Waals surface area contributed by atoms with E-state index in [1.165, 1.54) is 0 Å². The molecule has 126 valence electrons. The van der Waals surface area contributed by atoms with Crippen molar-refractivity contribution in [3.05, 3.63) is 18.6 Å². The highest BCUT2D eigenvalue weighted by Gasteiger charge is 2.43. The number of aromatic nitrogens is 3. The van der Waals surface area contributed by atoms with Gasteiger partial charge in [-0.15, -0.1) is 13.2 Å². The highest BCUT2D eigenvalue weighted by molar-refractivity contribution is 9.09. The Morgan fingerprint density at radius 1 is 1.48 bits per heavy atom. The van der Waals surface area contributed by atoms with Crippen LogP contribution in [0.3, 0.4) is 0 Å². The van der Waals surface area contributed by atoms with Gasteiger partial charge in [-0.2, -0.15) is 0 Å². The van der Waals surface area contributed by atoms with Gasteiger partial charge < -0.3 is 15.6 Å². The summed E-state index contributed by atoms with van der Waals surface area (Å²) in [7, 11) is 0. The van der Waals surface area contributed by atoms with Crippen LogP contribution in [0.25, 0.3) is 11.2 Å². The van der Waals surface area contributed by atoms with Crippen molar-refractivity contribution in [1.82, 2.24) is 14.5 Å². The van der Waals surface area contributed by atoms with Crippen LogP contribution in [0.2, 0.25) is 0 Å². The van der Waals surface area contributed by atoms with Gasteiger partial charge in [0.25, 0.3) is 0 Å². The van der Waals surface area contributed by atoms with Crippen molar-refractivity contribution in [2.75, 3.05) is 25.2 Å². The van der Waals surface area contributed by atoms with Crippen LogP contribution in [-0.2, 0) is 4.74 Å². The number of alkyl halides is 1. The molecule has 1 aliphatic heterocycles. The third-order valence-corrected chi connectivity index (χ3v) is 6.54. The Hall–Kier alpha value is -0.880. The molecule has 0 bridgehead atoms. The molecular formula is C15H22BrN4O2P. The second-order valence-corrected chi connectivity index (χ2v) is 12.0. The molecule has 2 aromatic rings. The average molecular weight is 401 g/mol. The van der Waals surface area contributed by atoms with Gasteiger partial charge in [0, 0.05) is 6.20 Å². The Balaban J connectivity index is 1.85. The monoisotopic (exact) mass is 400 g/mol. The SMILES string of the molecule is C=P(C)(C)CC[C@H]1OC(n2cnc3c(N)ccnc32)[C@H](Br)[C@@H]1O. The molecule has 3 N–H and O–H groups in total. The quantitative estimate of drug-likeness (QED) is 0.606. The van der Waals surface area contributed by atoms with Gasteiger partial charge in [0.2, 0.25) is 0 Å². The first-order chi connectivity index (χ1) is 10.8. The second kappa shape index (κ2) is 6.20. The molecule has 6 nitrogen and oxygen atoms in total. The van der Waals surface area contributed by atoms with E-state index in [0.717, 1.165) is 12.6 Å². The van der Waals surface area contributed by atoms with Crippen LogP contribution in [0.4, 0.5) is 5.69 Å². The first-order valence-corrected chi connectivity index (χ1v) is 11.5. The van der Waals surface area contributed by atoms with Crippen molar-refractivity contribution < 1.29 is 9.84 Å². The number of aliphatic hydroxyl groups is 1. The molecule has 2 aromatic heterocycles. The summed E-state index contributed by atoms with van der Waals surface area (Å²) in [4.78, 5) is 8.45. The highest BCUT2D eigenvalue weighted by atomic mass is 79.9. The number of nitrogens with zero attached hydrogens (tertiary/aromatic N) is 3. The Labute approximate surface area is 144 Å². The van der Waals surface area contributed by atoms with E-state index in [9.17, 15) is 5.11 Å². The topological polar surface area (TPSA) is 86.2 Å². The molecule has 0 aliphatic carbocycles. The number of nitrogen functional groups attached to an aromatic ring is 1. The molecule has 0 radical (unpaired) electrons. The molecule has 3 heterocycles. The van der Waals surface area contributed by atoms with Gasteiger partial charge in [-0.05, 0) is 32.0 Å². The maximum atomic E-state index is 10.5. The molecule has 23 heavy (non-hydrogen) atoms. The minimum Gasteiger partial charge on any atom is -0.397 e. The highest BCUT2D eigenvalue weighted by Crippen LogP contribution is 2.41. The average Bonchev–Trinajstić information content (AvgIpc) is 3.01. The zero-order chi connectivity index (χ0) is 16.8. The standard InChI is InChI=1S/C15H22BrN4O2P/c1-23(2,3)7-5-10-13(21)11(16)15(22-10)20-8-19-12-9(17)4-6-18-14(12)20/h4,6,8,10-11,13,15,21H,1,5,7H2,2-3H3,(H2,17,18)/t10-,11-,13-,15?/m1/s1. The lowest BCUT2D eigenvalue weighted by Gasteiger charge is -2.18. The first-order valence-electron chi connectivity index (χ1n) is 7.50. The second-order valence-electron chi connectivity index (χ2n) is 6.67. The van der Waals surface area contributed by atoms with Crippen LogP contribution in [-0.4, -0.2) is 62.5 Å². The molecule has 1 aliphatic rings. The lowest BCUT2D eigenvalue weighted by Crippen LogP contribution is -2.28. The molecule has 0 amide bonds. The van der Waals surface area contributed by atoms with Gasteiger partial charge in [0.1, 0.15) is 5.52 Å². The number of rotatable bonds is 4. The molecule has 0 spiro atoms. The molecule has 4 atom stereocenters. The number of ether oxygens (including phenoxy) is 1. The predicted molar refractivity (Wildman–Crippen MR) is 99.9 cm³/mol. The van der Waals surface area contributed by atoms with E-state index in [1.54, 1.807) is 18.6 Å². The maximum Gasteiger partial charge on any atom is 0.164 e. The van der Waals surface area contributed by atoms with E-state index >= 15 is 0 Å². The van der Waals surface area contributed by atoms with Crippen LogP contribution in [0.15, 0.2) is 18.6 Å². The van der Waals surface area contributed by atoms with Gasteiger partial charge in [-0.1, -0.05) is 15.9 Å². The minimum atomic E-state index is -1.14. The van der Waals surface area contributed by atoms with Crippen molar-refractivity contribution in [2.24, 2.45) is 0 Å². The van der Waals surface area contributed by atoms with Crippen LogP contribution < -0.4 is 5.73 Å². The van der Waals surface area contributed by atoms with Crippen LogP contribution in [0.1, 0.15) is 12.6 Å². The zero-order valence-electron chi connectivity index (χ0n) is 13.3. The van der Waals surface area contributed by atoms with E-state index in [-0.39, 0.29) is 17.2 Å².